The van der Waals surface area contributed by atoms with Crippen LogP contribution >= 0.6 is 0 Å². The smallest absolute Gasteiger partial charge is 0.281 e. The summed E-state index contributed by atoms with van der Waals surface area (Å²) in [5.41, 5.74) is 0.298. The van der Waals surface area contributed by atoms with Crippen molar-refractivity contribution in [3.63, 3.8) is 0 Å². The molecule has 2 aromatic rings. The highest BCUT2D eigenvalue weighted by atomic mass is 32.2. The number of aryl methyl sites for hydroxylation is 1. The zero-order valence-corrected chi connectivity index (χ0v) is 16.5. The number of nitrogens with zero attached hydrogens (tertiary/aromatic N) is 6. The number of hydrogen-bond acceptors (Lipinski definition) is 7. The third kappa shape index (κ3) is 4.01. The molecule has 0 amide bonds. The number of anilines is 3. The molecule has 10 heteroatoms. The van der Waals surface area contributed by atoms with E-state index in [0.29, 0.717) is 23.3 Å². The van der Waals surface area contributed by atoms with E-state index >= 15 is 0 Å². The van der Waals surface area contributed by atoms with Crippen LogP contribution in [0.4, 0.5) is 17.5 Å². The molecule has 25 heavy (non-hydrogen) atoms. The van der Waals surface area contributed by atoms with Gasteiger partial charge in [-0.2, -0.15) is 13.4 Å². The quantitative estimate of drug-likeness (QED) is 0.821. The van der Waals surface area contributed by atoms with Gasteiger partial charge in [-0.25, -0.2) is 9.97 Å². The minimum Gasteiger partial charge on any atom is -0.361 e. The van der Waals surface area contributed by atoms with Crippen molar-refractivity contribution in [1.82, 2.24) is 19.5 Å². The van der Waals surface area contributed by atoms with E-state index in [9.17, 15) is 8.42 Å². The van der Waals surface area contributed by atoms with E-state index in [1.807, 2.05) is 27.9 Å². The number of nitrogens with one attached hydrogen (secondary N) is 1. The fourth-order valence-electron chi connectivity index (χ4n) is 2.31. The summed E-state index contributed by atoms with van der Waals surface area (Å²) in [6, 6.07) is 0. The first kappa shape index (κ1) is 19.0. The van der Waals surface area contributed by atoms with E-state index in [1.54, 1.807) is 35.5 Å². The topological polar surface area (TPSA) is 96.2 Å². The molecule has 0 saturated carbocycles. The van der Waals surface area contributed by atoms with Crippen LogP contribution in [-0.4, -0.2) is 56.1 Å². The second kappa shape index (κ2) is 6.87. The van der Waals surface area contributed by atoms with E-state index in [0.717, 1.165) is 0 Å². The lowest BCUT2D eigenvalue weighted by Gasteiger charge is -2.19. The molecule has 0 aliphatic rings. The highest BCUT2D eigenvalue weighted by Gasteiger charge is 2.23. The van der Waals surface area contributed by atoms with E-state index in [1.165, 1.54) is 12.4 Å². The first-order valence-corrected chi connectivity index (χ1v) is 9.29. The lowest BCUT2D eigenvalue weighted by molar-refractivity contribution is 0.597. The van der Waals surface area contributed by atoms with Gasteiger partial charge in [-0.05, 0) is 0 Å². The lowest BCUT2D eigenvalue weighted by atomic mass is 10.2. The summed E-state index contributed by atoms with van der Waals surface area (Å²) in [4.78, 5) is 16.3. The van der Waals surface area contributed by atoms with Gasteiger partial charge in [0.2, 0.25) is 5.95 Å². The van der Waals surface area contributed by atoms with Crippen LogP contribution < -0.4 is 14.5 Å². The van der Waals surface area contributed by atoms with Gasteiger partial charge in [0.15, 0.2) is 10.8 Å². The maximum atomic E-state index is 12.7. The van der Waals surface area contributed by atoms with Crippen molar-refractivity contribution in [2.75, 3.05) is 42.7 Å². The standard InChI is InChI=1S/C15H25N7O2S/c1-10(2)13-17-12(9-22(13)7)25(23,24)19-11-8-16-15(21(5)6)18-14(11)20(3)4/h8-10,19H,1-7H3. The fourth-order valence-corrected chi connectivity index (χ4v) is 3.36. The van der Waals surface area contributed by atoms with Crippen LogP contribution in [0.1, 0.15) is 25.6 Å². The normalized spacial score (nSPS) is 11.7. The third-order valence-corrected chi connectivity index (χ3v) is 4.74. The molecule has 2 heterocycles. The monoisotopic (exact) mass is 367 g/mol. The van der Waals surface area contributed by atoms with Crippen molar-refractivity contribution in [3.8, 4) is 0 Å². The Morgan fingerprint density at radius 3 is 2.24 bits per heavy atom. The number of sulfonamides is 1. The Hall–Kier alpha value is -2.36. The van der Waals surface area contributed by atoms with Crippen molar-refractivity contribution in [1.29, 1.82) is 0 Å². The summed E-state index contributed by atoms with van der Waals surface area (Å²) >= 11 is 0. The highest BCUT2D eigenvalue weighted by Crippen LogP contribution is 2.26. The van der Waals surface area contributed by atoms with Gasteiger partial charge in [0.1, 0.15) is 11.5 Å². The minimum absolute atomic E-state index is 0.0277. The van der Waals surface area contributed by atoms with Gasteiger partial charge in [0.05, 0.1) is 6.20 Å². The maximum Gasteiger partial charge on any atom is 0.281 e. The summed E-state index contributed by atoms with van der Waals surface area (Å²) in [6.07, 6.45) is 2.96. The van der Waals surface area contributed by atoms with Gasteiger partial charge in [-0.15, -0.1) is 0 Å². The van der Waals surface area contributed by atoms with Crippen molar-refractivity contribution < 1.29 is 8.42 Å². The number of imidazole rings is 1. The van der Waals surface area contributed by atoms with Crippen LogP contribution in [0.3, 0.4) is 0 Å². The van der Waals surface area contributed by atoms with Crippen LogP contribution in [-0.2, 0) is 17.1 Å². The Bertz CT molecular complexity index is 857. The zero-order valence-electron chi connectivity index (χ0n) is 15.6. The Balaban J connectivity index is 2.42. The molecule has 0 aromatic carbocycles. The van der Waals surface area contributed by atoms with Gasteiger partial charge in [0, 0.05) is 47.4 Å². The lowest BCUT2D eigenvalue weighted by Crippen LogP contribution is -2.21. The van der Waals surface area contributed by atoms with Crippen molar-refractivity contribution in [3.05, 3.63) is 18.2 Å². The molecule has 0 spiro atoms. The molecule has 138 valence electrons. The van der Waals surface area contributed by atoms with E-state index in [4.69, 9.17) is 0 Å². The molecule has 0 aliphatic heterocycles. The maximum absolute atomic E-state index is 12.7. The van der Waals surface area contributed by atoms with E-state index in [2.05, 4.69) is 19.7 Å². The third-order valence-electron chi connectivity index (χ3n) is 3.51. The van der Waals surface area contributed by atoms with Crippen LogP contribution in [0.25, 0.3) is 0 Å². The predicted molar refractivity (Wildman–Crippen MR) is 98.8 cm³/mol. The van der Waals surface area contributed by atoms with Crippen molar-refractivity contribution in [2.45, 2.75) is 24.8 Å². The van der Waals surface area contributed by atoms with Crippen LogP contribution in [0.2, 0.25) is 0 Å². The Morgan fingerprint density at radius 2 is 1.76 bits per heavy atom. The molecule has 2 aromatic heterocycles. The average Bonchev–Trinajstić information content (AvgIpc) is 2.90. The molecular formula is C15H25N7O2S. The van der Waals surface area contributed by atoms with E-state index < -0.39 is 10.0 Å². The van der Waals surface area contributed by atoms with Crippen LogP contribution in [0.15, 0.2) is 17.4 Å². The highest BCUT2D eigenvalue weighted by molar-refractivity contribution is 7.92. The van der Waals surface area contributed by atoms with Gasteiger partial charge in [-0.1, -0.05) is 13.8 Å². The molecular weight excluding hydrogens is 342 g/mol. The second-order valence-corrected chi connectivity index (χ2v) is 8.13. The summed E-state index contributed by atoms with van der Waals surface area (Å²) < 4.78 is 29.7. The van der Waals surface area contributed by atoms with Crippen LogP contribution in [0.5, 0.6) is 0 Å². The van der Waals surface area contributed by atoms with Gasteiger partial charge >= 0.3 is 0 Å². The molecule has 0 unspecified atom stereocenters. The Labute approximate surface area is 148 Å². The summed E-state index contributed by atoms with van der Waals surface area (Å²) in [5, 5.41) is -0.0277. The molecule has 2 rings (SSSR count). The van der Waals surface area contributed by atoms with Crippen molar-refractivity contribution in [2.24, 2.45) is 7.05 Å². The molecule has 0 atom stereocenters. The summed E-state index contributed by atoms with van der Waals surface area (Å²) in [7, 11) is 5.16. The number of aromatic nitrogens is 4. The van der Waals surface area contributed by atoms with Gasteiger partial charge in [-0.3, -0.25) is 4.72 Å². The van der Waals surface area contributed by atoms with Gasteiger partial charge in [0.25, 0.3) is 10.0 Å². The van der Waals surface area contributed by atoms with Crippen molar-refractivity contribution >= 4 is 27.5 Å². The number of rotatable bonds is 6. The van der Waals surface area contributed by atoms with Gasteiger partial charge < -0.3 is 14.4 Å². The molecule has 0 saturated heterocycles. The Kier molecular flexibility index (Phi) is 5.21. The largest absolute Gasteiger partial charge is 0.361 e. The predicted octanol–water partition coefficient (Wildman–Crippen LogP) is 1.27. The second-order valence-electron chi connectivity index (χ2n) is 6.50. The average molecular weight is 367 g/mol. The Morgan fingerprint density at radius 1 is 1.12 bits per heavy atom. The number of hydrogen-bond donors (Lipinski definition) is 1. The summed E-state index contributed by atoms with van der Waals surface area (Å²) in [5.74, 6) is 1.79. The minimum atomic E-state index is -3.84. The van der Waals surface area contributed by atoms with E-state index in [-0.39, 0.29) is 10.9 Å². The molecule has 0 aliphatic carbocycles. The fraction of sp³-hybridized carbons (Fsp3) is 0.533. The molecule has 0 fully saturated rings. The molecule has 9 nitrogen and oxygen atoms in total. The first-order valence-electron chi connectivity index (χ1n) is 7.80. The van der Waals surface area contributed by atoms with Crippen LogP contribution in [0, 0.1) is 0 Å². The molecule has 1 N–H and O–H groups in total. The summed E-state index contributed by atoms with van der Waals surface area (Å²) in [6.45, 7) is 3.92. The zero-order chi connectivity index (χ0) is 18.9. The molecule has 0 bridgehead atoms. The molecule has 0 radical (unpaired) electrons. The SMILES string of the molecule is CC(C)c1nc(S(=O)(=O)Nc2cnc(N(C)C)nc2N(C)C)cn1C. The first-order chi connectivity index (χ1) is 11.5.